The quantitative estimate of drug-likeness (QED) is 0.479. The first-order chi connectivity index (χ1) is 14.1. The van der Waals surface area contributed by atoms with Crippen molar-refractivity contribution in [3.05, 3.63) is 71.6 Å². The number of amides is 1. The number of hydrogen-bond acceptors (Lipinski definition) is 5. The lowest BCUT2D eigenvalue weighted by Gasteiger charge is -2.10. The van der Waals surface area contributed by atoms with Crippen LogP contribution in [0.2, 0.25) is 5.02 Å². The Morgan fingerprint density at radius 2 is 1.97 bits per heavy atom. The first kappa shape index (κ1) is 19.0. The minimum Gasteiger partial charge on any atom is -0.495 e. The number of aromatic nitrogens is 2. The summed E-state index contributed by atoms with van der Waals surface area (Å²) >= 11 is 5.99. The Hall–Kier alpha value is -3.38. The highest BCUT2D eigenvalue weighted by Gasteiger charge is 2.14. The van der Waals surface area contributed by atoms with E-state index in [2.05, 4.69) is 15.5 Å². The van der Waals surface area contributed by atoms with E-state index in [1.54, 1.807) is 18.2 Å². The van der Waals surface area contributed by atoms with Gasteiger partial charge in [-0.3, -0.25) is 4.79 Å². The van der Waals surface area contributed by atoms with Gasteiger partial charge in [0.25, 0.3) is 0 Å². The minimum absolute atomic E-state index is 0.187. The van der Waals surface area contributed by atoms with Crippen molar-refractivity contribution in [2.24, 2.45) is 0 Å². The van der Waals surface area contributed by atoms with Gasteiger partial charge in [0.1, 0.15) is 5.75 Å². The molecule has 0 aliphatic rings. The largest absolute Gasteiger partial charge is 0.495 e. The summed E-state index contributed by atoms with van der Waals surface area (Å²) in [7, 11) is 1.53. The molecule has 4 rings (SSSR count). The van der Waals surface area contributed by atoms with Crippen LogP contribution in [0, 0.1) is 0 Å². The highest BCUT2D eigenvalue weighted by atomic mass is 35.5. The van der Waals surface area contributed by atoms with E-state index >= 15 is 0 Å². The van der Waals surface area contributed by atoms with E-state index in [-0.39, 0.29) is 12.3 Å². The zero-order valence-electron chi connectivity index (χ0n) is 15.7. The number of anilines is 1. The average molecular weight is 408 g/mol. The molecule has 0 saturated heterocycles. The molecule has 1 N–H and O–H groups in total. The van der Waals surface area contributed by atoms with Crippen LogP contribution in [-0.2, 0) is 11.2 Å². The van der Waals surface area contributed by atoms with Gasteiger partial charge in [0, 0.05) is 23.4 Å². The van der Waals surface area contributed by atoms with Gasteiger partial charge in [0.15, 0.2) is 0 Å². The zero-order valence-corrected chi connectivity index (χ0v) is 16.4. The SMILES string of the molecule is COc1ccc(Cl)cc1NC(=O)CCc1nc(-c2cccc3ccccc23)no1. The second-order valence-electron chi connectivity index (χ2n) is 6.43. The molecule has 0 fully saturated rings. The topological polar surface area (TPSA) is 77.2 Å². The predicted molar refractivity (Wildman–Crippen MR) is 112 cm³/mol. The maximum Gasteiger partial charge on any atom is 0.227 e. The summed E-state index contributed by atoms with van der Waals surface area (Å²) < 4.78 is 10.6. The van der Waals surface area contributed by atoms with Crippen molar-refractivity contribution < 1.29 is 14.1 Å². The molecule has 1 aromatic heterocycles. The van der Waals surface area contributed by atoms with Gasteiger partial charge in [-0.15, -0.1) is 0 Å². The molecule has 3 aromatic carbocycles. The molecule has 146 valence electrons. The van der Waals surface area contributed by atoms with Gasteiger partial charge in [-0.1, -0.05) is 59.2 Å². The molecule has 0 radical (unpaired) electrons. The van der Waals surface area contributed by atoms with E-state index < -0.39 is 0 Å². The molecule has 0 saturated carbocycles. The third-order valence-corrected chi connectivity index (χ3v) is 4.74. The van der Waals surface area contributed by atoms with Gasteiger partial charge < -0.3 is 14.6 Å². The molecular formula is C22H18ClN3O3. The maximum absolute atomic E-state index is 12.3. The molecule has 1 heterocycles. The van der Waals surface area contributed by atoms with Gasteiger partial charge in [0.2, 0.25) is 17.6 Å². The fraction of sp³-hybridized carbons (Fsp3) is 0.136. The Bertz CT molecular complexity index is 1170. The molecular weight excluding hydrogens is 390 g/mol. The van der Waals surface area contributed by atoms with Crippen molar-refractivity contribution in [1.29, 1.82) is 0 Å². The van der Waals surface area contributed by atoms with Crippen LogP contribution < -0.4 is 10.1 Å². The maximum atomic E-state index is 12.3. The minimum atomic E-state index is -0.199. The van der Waals surface area contributed by atoms with E-state index in [1.807, 2.05) is 42.5 Å². The summed E-state index contributed by atoms with van der Waals surface area (Å²) in [5.41, 5.74) is 1.41. The molecule has 0 spiro atoms. The van der Waals surface area contributed by atoms with Gasteiger partial charge in [0.05, 0.1) is 12.8 Å². The lowest BCUT2D eigenvalue weighted by molar-refractivity contribution is -0.116. The lowest BCUT2D eigenvalue weighted by Crippen LogP contribution is -2.13. The molecule has 0 atom stereocenters. The number of rotatable bonds is 6. The van der Waals surface area contributed by atoms with Gasteiger partial charge in [-0.05, 0) is 29.0 Å². The monoisotopic (exact) mass is 407 g/mol. The van der Waals surface area contributed by atoms with Crippen molar-refractivity contribution in [3.63, 3.8) is 0 Å². The number of methoxy groups -OCH3 is 1. The third-order valence-electron chi connectivity index (χ3n) is 4.50. The number of halogens is 1. The molecule has 29 heavy (non-hydrogen) atoms. The van der Waals surface area contributed by atoms with Gasteiger partial charge in [-0.2, -0.15) is 4.98 Å². The first-order valence-electron chi connectivity index (χ1n) is 9.08. The summed E-state index contributed by atoms with van der Waals surface area (Å²) in [6.07, 6.45) is 0.513. The van der Waals surface area contributed by atoms with Crippen LogP contribution in [0.5, 0.6) is 5.75 Å². The van der Waals surface area contributed by atoms with E-state index in [9.17, 15) is 4.79 Å². The number of ether oxygens (including phenoxy) is 1. The average Bonchev–Trinajstić information content (AvgIpc) is 3.21. The Morgan fingerprint density at radius 3 is 2.83 bits per heavy atom. The Balaban J connectivity index is 1.45. The summed E-state index contributed by atoms with van der Waals surface area (Å²) in [5.74, 6) is 1.25. The van der Waals surface area contributed by atoms with Crippen LogP contribution in [0.3, 0.4) is 0 Å². The van der Waals surface area contributed by atoms with E-state index in [4.69, 9.17) is 20.9 Å². The number of carbonyl (C=O) groups is 1. The molecule has 0 aliphatic carbocycles. The number of carbonyl (C=O) groups excluding carboxylic acids is 1. The molecule has 7 heteroatoms. The number of nitrogens with one attached hydrogen (secondary N) is 1. The normalized spacial score (nSPS) is 10.8. The van der Waals surface area contributed by atoms with Crippen molar-refractivity contribution in [2.45, 2.75) is 12.8 Å². The van der Waals surface area contributed by atoms with E-state index in [1.165, 1.54) is 7.11 Å². The number of benzene rings is 3. The fourth-order valence-corrected chi connectivity index (χ4v) is 3.27. The Labute approximate surface area is 172 Å². The standard InChI is InChI=1S/C22H18ClN3O3/c1-28-19-10-9-15(23)13-18(19)24-20(27)11-12-21-25-22(26-29-21)17-8-4-6-14-5-2-3-7-16(14)17/h2-10,13H,11-12H2,1H3,(H,24,27). The van der Waals surface area contributed by atoms with Gasteiger partial charge >= 0.3 is 0 Å². The number of aryl methyl sites for hydroxylation is 1. The summed E-state index contributed by atoms with van der Waals surface area (Å²) in [6.45, 7) is 0. The van der Waals surface area contributed by atoms with Crippen LogP contribution in [0.4, 0.5) is 5.69 Å². The molecule has 0 bridgehead atoms. The lowest BCUT2D eigenvalue weighted by atomic mass is 10.0. The van der Waals surface area contributed by atoms with Crippen molar-refractivity contribution in [2.75, 3.05) is 12.4 Å². The molecule has 0 unspecified atom stereocenters. The van der Waals surface area contributed by atoms with Crippen molar-refractivity contribution >= 4 is 34.0 Å². The second kappa shape index (κ2) is 8.32. The third kappa shape index (κ3) is 4.22. The molecule has 0 aliphatic heterocycles. The molecule has 1 amide bonds. The van der Waals surface area contributed by atoms with Crippen LogP contribution in [0.15, 0.2) is 65.2 Å². The number of fused-ring (bicyclic) bond motifs is 1. The molecule has 4 aromatic rings. The highest BCUT2D eigenvalue weighted by molar-refractivity contribution is 6.31. The molecule has 6 nitrogen and oxygen atoms in total. The summed E-state index contributed by atoms with van der Waals surface area (Å²) in [4.78, 5) is 16.8. The Morgan fingerprint density at radius 1 is 1.14 bits per heavy atom. The van der Waals surface area contributed by atoms with E-state index in [0.717, 1.165) is 16.3 Å². The number of hydrogen-bond donors (Lipinski definition) is 1. The first-order valence-corrected chi connectivity index (χ1v) is 9.46. The van der Waals surface area contributed by atoms with Crippen LogP contribution >= 0.6 is 11.6 Å². The van der Waals surface area contributed by atoms with Crippen molar-refractivity contribution in [3.8, 4) is 17.1 Å². The van der Waals surface area contributed by atoms with Gasteiger partial charge in [-0.25, -0.2) is 0 Å². The summed E-state index contributed by atoms with van der Waals surface area (Å²) in [5, 5.41) is 9.54. The van der Waals surface area contributed by atoms with E-state index in [0.29, 0.717) is 34.6 Å². The summed E-state index contributed by atoms with van der Waals surface area (Å²) in [6, 6.07) is 19.0. The van der Waals surface area contributed by atoms with Crippen LogP contribution in [0.25, 0.3) is 22.2 Å². The van der Waals surface area contributed by atoms with Crippen molar-refractivity contribution in [1.82, 2.24) is 10.1 Å². The smallest absolute Gasteiger partial charge is 0.227 e. The second-order valence-corrected chi connectivity index (χ2v) is 6.87. The Kier molecular flexibility index (Phi) is 5.44. The zero-order chi connectivity index (χ0) is 20.2. The highest BCUT2D eigenvalue weighted by Crippen LogP contribution is 2.28. The van der Waals surface area contributed by atoms with Crippen LogP contribution in [0.1, 0.15) is 12.3 Å². The van der Waals surface area contributed by atoms with Crippen LogP contribution in [-0.4, -0.2) is 23.2 Å². The fourth-order valence-electron chi connectivity index (χ4n) is 3.10. The predicted octanol–water partition coefficient (Wildman–Crippen LogP) is 5.12. The number of nitrogens with zero attached hydrogens (tertiary/aromatic N) is 2.